The number of carbonyl (C=O) groups is 2. The van der Waals surface area contributed by atoms with Gasteiger partial charge in [0.15, 0.2) is 0 Å². The maximum atomic E-state index is 12.3. The number of piperazine rings is 1. The van der Waals surface area contributed by atoms with Crippen molar-refractivity contribution < 1.29 is 9.59 Å². The van der Waals surface area contributed by atoms with E-state index in [1.807, 2.05) is 20.8 Å². The highest BCUT2D eigenvalue weighted by molar-refractivity contribution is 5.95. The first-order valence-corrected chi connectivity index (χ1v) is 6.96. The fourth-order valence-electron chi connectivity index (χ4n) is 2.39. The lowest BCUT2D eigenvalue weighted by Gasteiger charge is -2.38. The maximum Gasteiger partial charge on any atom is 0.246 e. The molecular formula is C14H26N2O2. The second-order valence-corrected chi connectivity index (χ2v) is 5.85. The Kier molecular flexibility index (Phi) is 5.17. The quantitative estimate of drug-likeness (QED) is 0.813. The van der Waals surface area contributed by atoms with Gasteiger partial charge >= 0.3 is 0 Å². The molecule has 104 valence electrons. The van der Waals surface area contributed by atoms with Gasteiger partial charge < -0.3 is 10.2 Å². The third-order valence-electron chi connectivity index (χ3n) is 3.82. The van der Waals surface area contributed by atoms with Gasteiger partial charge in [-0.25, -0.2) is 0 Å². The van der Waals surface area contributed by atoms with E-state index in [-0.39, 0.29) is 36.4 Å². The molecule has 3 atom stereocenters. The van der Waals surface area contributed by atoms with Crippen molar-refractivity contribution in [3.05, 3.63) is 0 Å². The van der Waals surface area contributed by atoms with Crippen molar-refractivity contribution >= 4 is 11.8 Å². The minimum atomic E-state index is -0.356. The van der Waals surface area contributed by atoms with Gasteiger partial charge in [0.05, 0.1) is 6.54 Å². The van der Waals surface area contributed by atoms with Crippen LogP contribution in [0.4, 0.5) is 0 Å². The van der Waals surface area contributed by atoms with Crippen LogP contribution < -0.4 is 5.32 Å². The molecule has 1 N–H and O–H groups in total. The van der Waals surface area contributed by atoms with Gasteiger partial charge in [-0.15, -0.1) is 0 Å². The first-order chi connectivity index (χ1) is 8.36. The summed E-state index contributed by atoms with van der Waals surface area (Å²) in [5.74, 6) is 0.750. The molecule has 0 aromatic heterocycles. The average molecular weight is 254 g/mol. The van der Waals surface area contributed by atoms with Crippen molar-refractivity contribution in [1.82, 2.24) is 10.2 Å². The summed E-state index contributed by atoms with van der Waals surface area (Å²) in [5.41, 5.74) is 0. The van der Waals surface area contributed by atoms with Gasteiger partial charge in [0.1, 0.15) is 6.04 Å². The van der Waals surface area contributed by atoms with Crippen LogP contribution in [-0.4, -0.2) is 35.3 Å². The molecule has 18 heavy (non-hydrogen) atoms. The molecule has 0 aromatic carbocycles. The van der Waals surface area contributed by atoms with E-state index >= 15 is 0 Å². The molecule has 1 fully saturated rings. The molecule has 0 aromatic rings. The Morgan fingerprint density at radius 2 is 1.89 bits per heavy atom. The average Bonchev–Trinajstić information content (AvgIpc) is 2.30. The summed E-state index contributed by atoms with van der Waals surface area (Å²) in [6.45, 7) is 10.5. The van der Waals surface area contributed by atoms with Crippen molar-refractivity contribution in [2.75, 3.05) is 6.54 Å². The Balaban J connectivity index is 2.74. The first kappa shape index (κ1) is 15.0. The van der Waals surface area contributed by atoms with Crippen molar-refractivity contribution in [2.45, 2.75) is 59.5 Å². The molecular weight excluding hydrogens is 228 g/mol. The van der Waals surface area contributed by atoms with Crippen LogP contribution in [-0.2, 0) is 9.59 Å². The summed E-state index contributed by atoms with van der Waals surface area (Å²) in [5, 5.41) is 2.79. The smallest absolute Gasteiger partial charge is 0.246 e. The molecule has 0 bridgehead atoms. The van der Waals surface area contributed by atoms with Gasteiger partial charge in [-0.1, -0.05) is 34.1 Å². The zero-order valence-corrected chi connectivity index (χ0v) is 12.2. The number of hydrogen-bond donors (Lipinski definition) is 1. The van der Waals surface area contributed by atoms with Gasteiger partial charge in [0.25, 0.3) is 0 Å². The summed E-state index contributed by atoms with van der Waals surface area (Å²) < 4.78 is 0. The van der Waals surface area contributed by atoms with Crippen molar-refractivity contribution in [2.24, 2.45) is 11.8 Å². The van der Waals surface area contributed by atoms with Crippen molar-refractivity contribution in [1.29, 1.82) is 0 Å². The molecule has 1 aliphatic heterocycles. The predicted molar refractivity (Wildman–Crippen MR) is 72.0 cm³/mol. The molecule has 3 unspecified atom stereocenters. The van der Waals surface area contributed by atoms with Gasteiger partial charge in [0.2, 0.25) is 11.8 Å². The van der Waals surface area contributed by atoms with E-state index in [0.29, 0.717) is 5.92 Å². The van der Waals surface area contributed by atoms with E-state index in [2.05, 4.69) is 19.2 Å². The molecule has 0 saturated carbocycles. The molecule has 0 spiro atoms. The van der Waals surface area contributed by atoms with Crippen LogP contribution in [0, 0.1) is 11.8 Å². The van der Waals surface area contributed by atoms with E-state index in [1.165, 1.54) is 0 Å². The van der Waals surface area contributed by atoms with Gasteiger partial charge in [0, 0.05) is 6.04 Å². The van der Waals surface area contributed by atoms with Crippen LogP contribution in [0.15, 0.2) is 0 Å². The number of nitrogens with one attached hydrogen (secondary N) is 1. The monoisotopic (exact) mass is 254 g/mol. The predicted octanol–water partition coefficient (Wildman–Crippen LogP) is 1.79. The zero-order valence-electron chi connectivity index (χ0n) is 12.2. The Morgan fingerprint density at radius 3 is 2.39 bits per heavy atom. The first-order valence-electron chi connectivity index (χ1n) is 6.96. The largest absolute Gasteiger partial charge is 0.343 e. The highest BCUT2D eigenvalue weighted by Crippen LogP contribution is 2.19. The van der Waals surface area contributed by atoms with E-state index in [9.17, 15) is 9.59 Å². The highest BCUT2D eigenvalue weighted by atomic mass is 16.2. The van der Waals surface area contributed by atoms with Crippen LogP contribution in [0.5, 0.6) is 0 Å². The standard InChI is InChI=1S/C14H26N2O2/c1-6-10(4)7-11(5)16-8-12(17)15-13(9(2)3)14(16)18/h9-11,13H,6-8H2,1-5H3,(H,15,17). The second kappa shape index (κ2) is 6.21. The SMILES string of the molecule is CCC(C)CC(C)N1CC(=O)NC(C(C)C)C1=O. The zero-order chi connectivity index (χ0) is 13.9. The third kappa shape index (κ3) is 3.47. The fraction of sp³-hybridized carbons (Fsp3) is 0.857. The van der Waals surface area contributed by atoms with Crippen LogP contribution in [0.3, 0.4) is 0 Å². The van der Waals surface area contributed by atoms with Crippen LogP contribution in [0.2, 0.25) is 0 Å². The summed E-state index contributed by atoms with van der Waals surface area (Å²) in [6.07, 6.45) is 2.06. The molecule has 4 nitrogen and oxygen atoms in total. The van der Waals surface area contributed by atoms with Crippen LogP contribution in [0.25, 0.3) is 0 Å². The minimum Gasteiger partial charge on any atom is -0.343 e. The molecule has 1 saturated heterocycles. The number of rotatable bonds is 5. The Bertz CT molecular complexity index is 315. The molecule has 1 aliphatic rings. The number of nitrogens with zero attached hydrogens (tertiary/aromatic N) is 1. The molecule has 1 rings (SSSR count). The lowest BCUT2D eigenvalue weighted by molar-refractivity contribution is -0.147. The van der Waals surface area contributed by atoms with E-state index in [4.69, 9.17) is 0 Å². The topological polar surface area (TPSA) is 49.4 Å². The fourth-order valence-corrected chi connectivity index (χ4v) is 2.39. The lowest BCUT2D eigenvalue weighted by Crippen LogP contribution is -2.61. The number of amides is 2. The Morgan fingerprint density at radius 1 is 1.28 bits per heavy atom. The highest BCUT2D eigenvalue weighted by Gasteiger charge is 2.36. The Hall–Kier alpha value is -1.06. The van der Waals surface area contributed by atoms with Gasteiger partial charge in [-0.05, 0) is 25.2 Å². The van der Waals surface area contributed by atoms with E-state index in [0.717, 1.165) is 12.8 Å². The summed E-state index contributed by atoms with van der Waals surface area (Å²) >= 11 is 0. The van der Waals surface area contributed by atoms with Crippen LogP contribution >= 0.6 is 0 Å². The third-order valence-corrected chi connectivity index (χ3v) is 3.82. The van der Waals surface area contributed by atoms with E-state index in [1.54, 1.807) is 4.90 Å². The molecule has 2 amide bonds. The summed E-state index contributed by atoms with van der Waals surface area (Å²) in [4.78, 5) is 25.8. The lowest BCUT2D eigenvalue weighted by atomic mass is 9.95. The van der Waals surface area contributed by atoms with Gasteiger partial charge in [-0.2, -0.15) is 0 Å². The summed E-state index contributed by atoms with van der Waals surface area (Å²) in [7, 11) is 0. The van der Waals surface area contributed by atoms with Gasteiger partial charge in [-0.3, -0.25) is 9.59 Å². The Labute approximate surface area is 110 Å². The van der Waals surface area contributed by atoms with E-state index < -0.39 is 0 Å². The second-order valence-electron chi connectivity index (χ2n) is 5.85. The normalized spacial score (nSPS) is 24.1. The van der Waals surface area contributed by atoms with Crippen molar-refractivity contribution in [3.8, 4) is 0 Å². The molecule has 0 radical (unpaired) electrons. The number of carbonyl (C=O) groups excluding carboxylic acids is 2. The van der Waals surface area contributed by atoms with Crippen molar-refractivity contribution in [3.63, 3.8) is 0 Å². The minimum absolute atomic E-state index is 0.0377. The summed E-state index contributed by atoms with van der Waals surface area (Å²) in [6, 6.07) is -0.217. The van der Waals surface area contributed by atoms with Crippen LogP contribution in [0.1, 0.15) is 47.5 Å². The maximum absolute atomic E-state index is 12.3. The molecule has 4 heteroatoms. The molecule has 0 aliphatic carbocycles. The number of hydrogen-bond acceptors (Lipinski definition) is 2. The molecule has 1 heterocycles.